The average molecular weight is 606 g/mol. The van der Waals surface area contributed by atoms with Crippen molar-refractivity contribution >= 4 is 7.82 Å². The first-order valence-electron chi connectivity index (χ1n) is 17.8. The lowest BCUT2D eigenvalue weighted by Gasteiger charge is -2.33. The van der Waals surface area contributed by atoms with E-state index in [0.717, 1.165) is 43.2 Å². The zero-order valence-electron chi connectivity index (χ0n) is 26.1. The van der Waals surface area contributed by atoms with Crippen molar-refractivity contribution in [3.63, 3.8) is 0 Å². The minimum atomic E-state index is -4.10. The molecule has 7 rings (SSSR count). The quantitative estimate of drug-likeness (QED) is 0.271. The van der Waals surface area contributed by atoms with E-state index in [0.29, 0.717) is 35.2 Å². The number of phosphoric ester groups is 1. The maximum atomic E-state index is 14.4. The van der Waals surface area contributed by atoms with Gasteiger partial charge in [0, 0.05) is 6.42 Å². The number of fused-ring (bicyclic) bond motifs is 2. The summed E-state index contributed by atoms with van der Waals surface area (Å²) in [4.78, 5) is 0. The van der Waals surface area contributed by atoms with Gasteiger partial charge in [0.05, 0.1) is 0 Å². The molecule has 1 heterocycles. The maximum absolute atomic E-state index is 14.4. The van der Waals surface area contributed by atoms with Crippen LogP contribution in [0.2, 0.25) is 0 Å². The van der Waals surface area contributed by atoms with Crippen LogP contribution in [0.25, 0.3) is 0 Å². The molecule has 0 radical (unpaired) electrons. The molecule has 0 aromatic heterocycles. The van der Waals surface area contributed by atoms with Crippen LogP contribution in [0, 0.1) is 0 Å². The molecule has 6 heteroatoms. The molecular formula is C37H52NO4P. The first-order chi connectivity index (χ1) is 21.1. The van der Waals surface area contributed by atoms with Gasteiger partial charge in [0.25, 0.3) is 0 Å². The summed E-state index contributed by atoms with van der Waals surface area (Å²) >= 11 is 0. The Morgan fingerprint density at radius 1 is 0.535 bits per heavy atom. The van der Waals surface area contributed by atoms with Crippen molar-refractivity contribution in [3.8, 4) is 11.5 Å². The van der Waals surface area contributed by atoms with Gasteiger partial charge in [-0.1, -0.05) is 101 Å². The van der Waals surface area contributed by atoms with Gasteiger partial charge in [-0.15, -0.1) is 0 Å². The first kappa shape index (κ1) is 29.9. The molecule has 5 aliphatic rings. The Morgan fingerprint density at radius 3 is 1.23 bits per heavy atom. The van der Waals surface area contributed by atoms with Gasteiger partial charge in [-0.2, -0.15) is 4.62 Å². The molecular weight excluding hydrogens is 553 g/mol. The highest BCUT2D eigenvalue weighted by molar-refractivity contribution is 7.49. The Balaban J connectivity index is 1.39. The summed E-state index contributed by atoms with van der Waals surface area (Å²) in [6, 6.07) is 9.59. The van der Waals surface area contributed by atoms with Crippen molar-refractivity contribution in [2.75, 3.05) is 0 Å². The molecule has 0 saturated heterocycles. The molecule has 0 spiro atoms. The zero-order chi connectivity index (χ0) is 29.2. The topological polar surface area (TPSA) is 70.8 Å². The van der Waals surface area contributed by atoms with Gasteiger partial charge in [-0.25, -0.2) is 10.5 Å². The number of benzene rings is 2. The van der Waals surface area contributed by atoms with Gasteiger partial charge < -0.3 is 9.05 Å². The van der Waals surface area contributed by atoms with Crippen LogP contribution < -0.4 is 14.9 Å². The van der Waals surface area contributed by atoms with Crippen LogP contribution in [0.1, 0.15) is 185 Å². The lowest BCUT2D eigenvalue weighted by Crippen LogP contribution is -2.19. The van der Waals surface area contributed by atoms with Crippen LogP contribution in [-0.2, 0) is 15.6 Å². The Morgan fingerprint density at radius 2 is 0.884 bits per heavy atom. The Kier molecular flexibility index (Phi) is 9.22. The Hall–Kier alpha value is -1.81. The third-order valence-corrected chi connectivity index (χ3v) is 12.7. The fourth-order valence-corrected chi connectivity index (χ4v) is 10.2. The third kappa shape index (κ3) is 6.47. The van der Waals surface area contributed by atoms with E-state index in [2.05, 4.69) is 24.3 Å². The number of hydrogen-bond donors (Lipinski definition) is 1. The summed E-state index contributed by atoms with van der Waals surface area (Å²) in [5.41, 5.74) is 7.59. The summed E-state index contributed by atoms with van der Waals surface area (Å²) in [5, 5.41) is 0. The molecule has 0 amide bonds. The van der Waals surface area contributed by atoms with Crippen molar-refractivity contribution in [1.82, 2.24) is 0 Å². The fourth-order valence-electron chi connectivity index (χ4n) is 9.23. The number of phosphoric acid groups is 1. The predicted molar refractivity (Wildman–Crippen MR) is 173 cm³/mol. The molecule has 4 fully saturated rings. The summed E-state index contributed by atoms with van der Waals surface area (Å²) in [6.45, 7) is 0. The molecule has 2 N–H and O–H groups in total. The van der Waals surface area contributed by atoms with Crippen LogP contribution in [0.15, 0.2) is 24.3 Å². The summed E-state index contributed by atoms with van der Waals surface area (Å²) < 4.78 is 32.4. The lowest BCUT2D eigenvalue weighted by molar-refractivity contribution is 0.209. The molecule has 1 aliphatic heterocycles. The van der Waals surface area contributed by atoms with E-state index in [-0.39, 0.29) is 0 Å². The van der Waals surface area contributed by atoms with Crippen LogP contribution in [-0.4, -0.2) is 0 Å². The number of hydrogen-bond acceptors (Lipinski definition) is 5. The molecule has 0 unspecified atom stereocenters. The van der Waals surface area contributed by atoms with E-state index >= 15 is 0 Å². The van der Waals surface area contributed by atoms with Crippen molar-refractivity contribution in [3.05, 3.63) is 57.6 Å². The largest absolute Gasteiger partial charge is 0.604 e. The molecule has 5 nitrogen and oxygen atoms in total. The van der Waals surface area contributed by atoms with Crippen molar-refractivity contribution < 1.29 is 18.2 Å². The number of rotatable bonds is 5. The fraction of sp³-hybridized carbons (Fsp3) is 0.676. The predicted octanol–water partition coefficient (Wildman–Crippen LogP) is 11.2. The van der Waals surface area contributed by atoms with E-state index in [4.69, 9.17) is 19.6 Å². The van der Waals surface area contributed by atoms with E-state index in [9.17, 15) is 4.57 Å². The monoisotopic (exact) mass is 605 g/mol. The van der Waals surface area contributed by atoms with Crippen molar-refractivity contribution in [2.24, 2.45) is 5.90 Å². The maximum Gasteiger partial charge on any atom is 0.604 e. The van der Waals surface area contributed by atoms with Crippen LogP contribution in [0.4, 0.5) is 0 Å². The second-order valence-electron chi connectivity index (χ2n) is 14.4. The smallest absolute Gasteiger partial charge is 0.394 e. The van der Waals surface area contributed by atoms with Gasteiger partial charge in [0.2, 0.25) is 0 Å². The molecule has 4 saturated carbocycles. The second-order valence-corrected chi connectivity index (χ2v) is 15.9. The van der Waals surface area contributed by atoms with Gasteiger partial charge in [-0.3, -0.25) is 0 Å². The van der Waals surface area contributed by atoms with E-state index in [1.807, 2.05) is 0 Å². The van der Waals surface area contributed by atoms with Crippen LogP contribution >= 0.6 is 7.82 Å². The minimum Gasteiger partial charge on any atom is -0.394 e. The summed E-state index contributed by atoms with van der Waals surface area (Å²) in [6.07, 6.45) is 25.7. The summed E-state index contributed by atoms with van der Waals surface area (Å²) in [7, 11) is -4.10. The highest BCUT2D eigenvalue weighted by Crippen LogP contribution is 2.57. The van der Waals surface area contributed by atoms with Crippen molar-refractivity contribution in [2.45, 2.75) is 159 Å². The van der Waals surface area contributed by atoms with Crippen LogP contribution in [0.5, 0.6) is 11.5 Å². The minimum absolute atomic E-state index is 0.405. The summed E-state index contributed by atoms with van der Waals surface area (Å²) in [5.74, 6) is 9.23. The molecule has 234 valence electrons. The van der Waals surface area contributed by atoms with E-state index in [1.54, 1.807) is 0 Å². The van der Waals surface area contributed by atoms with E-state index < -0.39 is 7.82 Å². The molecule has 0 atom stereocenters. The van der Waals surface area contributed by atoms with Gasteiger partial charge in [-0.05, 0) is 108 Å². The second kappa shape index (κ2) is 13.3. The average Bonchev–Trinajstić information content (AvgIpc) is 3.07. The standard InChI is InChI=1S/C37H52NO4P/c38-42-43(39)40-36-32(21-30(26-13-5-1-6-14-26)24-34(36)28-17-9-3-10-18-28)23-33-22-31(27-15-7-2-8-16-27)25-35(37(33)41-43)29-19-11-4-12-20-29/h21-22,24-29H,1-20,23,38H2. The highest BCUT2D eigenvalue weighted by Gasteiger charge is 2.39. The molecule has 43 heavy (non-hydrogen) atoms. The first-order valence-corrected chi connectivity index (χ1v) is 19.3. The van der Waals surface area contributed by atoms with Crippen LogP contribution in [0.3, 0.4) is 0 Å². The molecule has 2 aromatic rings. The zero-order valence-corrected chi connectivity index (χ0v) is 27.0. The molecule has 0 bridgehead atoms. The highest BCUT2D eigenvalue weighted by atomic mass is 31.2. The van der Waals surface area contributed by atoms with Gasteiger partial charge in [0.15, 0.2) is 0 Å². The number of nitrogens with two attached hydrogens (primary N) is 1. The van der Waals surface area contributed by atoms with Gasteiger partial charge in [0.1, 0.15) is 11.5 Å². The Labute approximate surface area is 259 Å². The van der Waals surface area contributed by atoms with E-state index in [1.165, 1.54) is 125 Å². The molecule has 2 aromatic carbocycles. The molecule has 4 aliphatic carbocycles. The SMILES string of the molecule is NOP1(=O)Oc2c(cc(C3CCCCC3)cc2C2CCCCC2)Cc2cc(C3CCCCC3)cc(C3CCCCC3)c2O1. The Bertz CT molecular complexity index is 1220. The third-order valence-electron chi connectivity index (χ3n) is 11.6. The normalized spacial score (nSPS) is 24.2. The lowest BCUT2D eigenvalue weighted by atomic mass is 9.77. The van der Waals surface area contributed by atoms with Gasteiger partial charge >= 0.3 is 7.82 Å². The van der Waals surface area contributed by atoms with Crippen molar-refractivity contribution in [1.29, 1.82) is 0 Å².